The summed E-state index contributed by atoms with van der Waals surface area (Å²) in [5.74, 6) is -0.000842. The van der Waals surface area contributed by atoms with E-state index < -0.39 is 6.10 Å². The standard InChI is InChI=1S/C21H23ClN2O3/c1-3-4-5-15-6-9-17(10-7-15)23-20(25)13-24-18-12-16(22)8-11-19(18)27-14(2)21(24)26/h6-12,14H,3-5,13H2,1-2H3,(H,23,25). The van der Waals surface area contributed by atoms with E-state index in [0.717, 1.165) is 19.3 Å². The maximum absolute atomic E-state index is 12.5. The summed E-state index contributed by atoms with van der Waals surface area (Å²) < 4.78 is 5.59. The van der Waals surface area contributed by atoms with Crippen molar-refractivity contribution < 1.29 is 14.3 Å². The number of hydrogen-bond acceptors (Lipinski definition) is 3. The Morgan fingerprint density at radius 1 is 1.22 bits per heavy atom. The number of nitrogens with one attached hydrogen (secondary N) is 1. The van der Waals surface area contributed by atoms with Gasteiger partial charge in [0, 0.05) is 10.7 Å². The summed E-state index contributed by atoms with van der Waals surface area (Å²) in [6.07, 6.45) is 2.67. The van der Waals surface area contributed by atoms with Crippen molar-refractivity contribution in [1.82, 2.24) is 0 Å². The molecule has 1 unspecified atom stereocenters. The number of amides is 2. The number of nitrogens with zero attached hydrogens (tertiary/aromatic N) is 1. The largest absolute Gasteiger partial charge is 0.479 e. The highest BCUT2D eigenvalue weighted by Crippen LogP contribution is 2.36. The number of halogens is 1. The molecule has 1 aliphatic rings. The lowest BCUT2D eigenvalue weighted by Crippen LogP contribution is -2.47. The summed E-state index contributed by atoms with van der Waals surface area (Å²) in [7, 11) is 0. The first kappa shape index (κ1) is 19.2. The van der Waals surface area contributed by atoms with Gasteiger partial charge in [0.15, 0.2) is 6.10 Å². The van der Waals surface area contributed by atoms with E-state index in [1.807, 2.05) is 24.3 Å². The summed E-state index contributed by atoms with van der Waals surface area (Å²) in [4.78, 5) is 26.4. The molecule has 1 heterocycles. The molecule has 0 aromatic heterocycles. The van der Waals surface area contributed by atoms with Crippen LogP contribution in [-0.2, 0) is 16.0 Å². The van der Waals surface area contributed by atoms with Crippen molar-refractivity contribution in [2.45, 2.75) is 39.2 Å². The highest BCUT2D eigenvalue weighted by Gasteiger charge is 2.32. The minimum atomic E-state index is -0.649. The molecule has 3 rings (SSSR count). The van der Waals surface area contributed by atoms with Crippen LogP contribution in [0.25, 0.3) is 0 Å². The van der Waals surface area contributed by atoms with Crippen LogP contribution in [0.15, 0.2) is 42.5 Å². The second-order valence-corrected chi connectivity index (χ2v) is 7.08. The molecular weight excluding hydrogens is 364 g/mol. The summed E-state index contributed by atoms with van der Waals surface area (Å²) in [6.45, 7) is 3.73. The Morgan fingerprint density at radius 3 is 2.67 bits per heavy atom. The molecule has 0 saturated carbocycles. The predicted molar refractivity (Wildman–Crippen MR) is 108 cm³/mol. The van der Waals surface area contributed by atoms with Gasteiger partial charge < -0.3 is 10.1 Å². The lowest BCUT2D eigenvalue weighted by atomic mass is 10.1. The normalized spacial score (nSPS) is 15.9. The number of unbranched alkanes of at least 4 members (excludes halogenated alkanes) is 1. The van der Waals surface area contributed by atoms with Crippen LogP contribution in [0.2, 0.25) is 5.02 Å². The van der Waals surface area contributed by atoms with Crippen LogP contribution in [0.4, 0.5) is 11.4 Å². The number of rotatable bonds is 6. The van der Waals surface area contributed by atoms with E-state index in [0.29, 0.717) is 22.1 Å². The molecule has 0 radical (unpaired) electrons. The van der Waals surface area contributed by atoms with Crippen LogP contribution in [-0.4, -0.2) is 24.5 Å². The number of hydrogen-bond donors (Lipinski definition) is 1. The summed E-state index contributed by atoms with van der Waals surface area (Å²) >= 11 is 6.05. The minimum absolute atomic E-state index is 0.0997. The van der Waals surface area contributed by atoms with Crippen molar-refractivity contribution in [3.8, 4) is 5.75 Å². The van der Waals surface area contributed by atoms with Crippen molar-refractivity contribution in [2.75, 3.05) is 16.8 Å². The minimum Gasteiger partial charge on any atom is -0.479 e. The van der Waals surface area contributed by atoms with Crippen LogP contribution in [0.1, 0.15) is 32.3 Å². The van der Waals surface area contributed by atoms with Crippen LogP contribution in [0, 0.1) is 0 Å². The Kier molecular flexibility index (Phi) is 6.01. The van der Waals surface area contributed by atoms with Gasteiger partial charge in [-0.15, -0.1) is 0 Å². The number of ether oxygens (including phenoxy) is 1. The molecule has 2 amide bonds. The Hall–Kier alpha value is -2.53. The topological polar surface area (TPSA) is 58.6 Å². The zero-order valence-corrected chi connectivity index (χ0v) is 16.3. The molecule has 142 valence electrons. The third kappa shape index (κ3) is 4.61. The molecule has 0 bridgehead atoms. The quantitative estimate of drug-likeness (QED) is 0.798. The highest BCUT2D eigenvalue weighted by molar-refractivity contribution is 6.31. The second kappa shape index (κ2) is 8.44. The SMILES string of the molecule is CCCCc1ccc(NC(=O)CN2C(=O)C(C)Oc3ccc(Cl)cc32)cc1. The van der Waals surface area contributed by atoms with E-state index in [1.54, 1.807) is 25.1 Å². The Balaban J connectivity index is 1.70. The molecule has 0 spiro atoms. The fraction of sp³-hybridized carbons (Fsp3) is 0.333. The van der Waals surface area contributed by atoms with Crippen molar-refractivity contribution in [3.63, 3.8) is 0 Å². The van der Waals surface area contributed by atoms with Crippen molar-refractivity contribution in [2.24, 2.45) is 0 Å². The lowest BCUT2D eigenvalue weighted by molar-refractivity contribution is -0.127. The van der Waals surface area contributed by atoms with Gasteiger partial charge in [0.05, 0.1) is 5.69 Å². The van der Waals surface area contributed by atoms with E-state index in [2.05, 4.69) is 12.2 Å². The molecule has 2 aromatic rings. The van der Waals surface area contributed by atoms with Gasteiger partial charge in [0.25, 0.3) is 5.91 Å². The van der Waals surface area contributed by atoms with E-state index in [9.17, 15) is 9.59 Å². The monoisotopic (exact) mass is 386 g/mol. The molecular formula is C21H23ClN2O3. The zero-order chi connectivity index (χ0) is 19.4. The predicted octanol–water partition coefficient (Wildman–Crippen LogP) is 4.44. The van der Waals surface area contributed by atoms with Gasteiger partial charge in [-0.05, 0) is 55.7 Å². The fourth-order valence-corrected chi connectivity index (χ4v) is 3.19. The third-order valence-corrected chi connectivity index (χ3v) is 4.72. The molecule has 5 nitrogen and oxygen atoms in total. The third-order valence-electron chi connectivity index (χ3n) is 4.49. The number of carbonyl (C=O) groups is 2. The van der Waals surface area contributed by atoms with Crippen LogP contribution < -0.4 is 15.0 Å². The maximum atomic E-state index is 12.5. The molecule has 0 aliphatic carbocycles. The van der Waals surface area contributed by atoms with Gasteiger partial charge in [0.2, 0.25) is 5.91 Å². The number of aryl methyl sites for hydroxylation is 1. The van der Waals surface area contributed by atoms with E-state index in [1.165, 1.54) is 10.5 Å². The number of fused-ring (bicyclic) bond motifs is 1. The van der Waals surface area contributed by atoms with Gasteiger partial charge >= 0.3 is 0 Å². The average molecular weight is 387 g/mol. The number of anilines is 2. The van der Waals surface area contributed by atoms with Gasteiger partial charge in [0.1, 0.15) is 12.3 Å². The molecule has 2 aromatic carbocycles. The zero-order valence-electron chi connectivity index (χ0n) is 15.5. The van der Waals surface area contributed by atoms with Crippen molar-refractivity contribution >= 4 is 34.8 Å². The van der Waals surface area contributed by atoms with Crippen LogP contribution in [0.5, 0.6) is 5.75 Å². The fourth-order valence-electron chi connectivity index (χ4n) is 3.02. The Morgan fingerprint density at radius 2 is 1.96 bits per heavy atom. The van der Waals surface area contributed by atoms with Gasteiger partial charge in [-0.1, -0.05) is 37.1 Å². The average Bonchev–Trinajstić information content (AvgIpc) is 2.65. The van der Waals surface area contributed by atoms with Gasteiger partial charge in [-0.2, -0.15) is 0 Å². The van der Waals surface area contributed by atoms with Gasteiger partial charge in [-0.25, -0.2) is 0 Å². The first-order valence-electron chi connectivity index (χ1n) is 9.14. The summed E-state index contributed by atoms with van der Waals surface area (Å²) in [6, 6.07) is 12.8. The van der Waals surface area contributed by atoms with Gasteiger partial charge in [-0.3, -0.25) is 14.5 Å². The smallest absolute Gasteiger partial charge is 0.268 e. The van der Waals surface area contributed by atoms with Crippen molar-refractivity contribution in [3.05, 3.63) is 53.1 Å². The summed E-state index contributed by atoms with van der Waals surface area (Å²) in [5.41, 5.74) is 2.46. The van der Waals surface area contributed by atoms with E-state index in [-0.39, 0.29) is 18.4 Å². The van der Waals surface area contributed by atoms with E-state index in [4.69, 9.17) is 16.3 Å². The Bertz CT molecular complexity index is 836. The first-order chi connectivity index (χ1) is 13.0. The first-order valence-corrected chi connectivity index (χ1v) is 9.52. The molecule has 0 saturated heterocycles. The lowest BCUT2D eigenvalue weighted by Gasteiger charge is -2.32. The van der Waals surface area contributed by atoms with Crippen LogP contribution in [0.3, 0.4) is 0 Å². The van der Waals surface area contributed by atoms with Crippen LogP contribution >= 0.6 is 11.6 Å². The molecule has 1 N–H and O–H groups in total. The molecule has 1 aliphatic heterocycles. The molecule has 1 atom stereocenters. The summed E-state index contributed by atoms with van der Waals surface area (Å²) in [5, 5.41) is 3.33. The maximum Gasteiger partial charge on any atom is 0.268 e. The number of benzene rings is 2. The second-order valence-electron chi connectivity index (χ2n) is 6.65. The van der Waals surface area contributed by atoms with Crippen molar-refractivity contribution in [1.29, 1.82) is 0 Å². The molecule has 0 fully saturated rings. The Labute approximate surface area is 164 Å². The number of carbonyl (C=O) groups excluding carboxylic acids is 2. The van der Waals surface area contributed by atoms with E-state index >= 15 is 0 Å². The highest BCUT2D eigenvalue weighted by atomic mass is 35.5. The molecule has 6 heteroatoms. The molecule has 27 heavy (non-hydrogen) atoms.